The highest BCUT2D eigenvalue weighted by molar-refractivity contribution is 5.34. The van der Waals surface area contributed by atoms with Gasteiger partial charge >= 0.3 is 0 Å². The number of piperazine rings is 1. The Hall–Kier alpha value is -1.50. The van der Waals surface area contributed by atoms with Gasteiger partial charge in [0.1, 0.15) is 0 Å². The number of likely N-dealkylation sites (N-methyl/N-ethyl adjacent to an activating group) is 1. The van der Waals surface area contributed by atoms with Crippen molar-refractivity contribution in [1.29, 1.82) is 0 Å². The number of likely N-dealkylation sites (tertiary alicyclic amines) is 1. The second-order valence-electron chi connectivity index (χ2n) is 6.93. The van der Waals surface area contributed by atoms with Gasteiger partial charge in [-0.05, 0) is 31.5 Å². The zero-order valence-electron chi connectivity index (χ0n) is 13.9. The average molecular weight is 319 g/mol. The Morgan fingerprint density at radius 2 is 1.91 bits per heavy atom. The molecule has 126 valence electrons. The summed E-state index contributed by atoms with van der Waals surface area (Å²) >= 11 is 0. The van der Waals surface area contributed by atoms with Crippen LogP contribution in [0.4, 0.5) is 5.69 Å². The molecular formula is C17H27N4O2+. The van der Waals surface area contributed by atoms with Crippen molar-refractivity contribution in [2.45, 2.75) is 25.4 Å². The van der Waals surface area contributed by atoms with Gasteiger partial charge in [0.25, 0.3) is 5.69 Å². The lowest BCUT2D eigenvalue weighted by Crippen LogP contribution is -3.12. The molecule has 1 N–H and O–H groups in total. The van der Waals surface area contributed by atoms with Crippen LogP contribution in [-0.4, -0.2) is 67.1 Å². The van der Waals surface area contributed by atoms with Crippen molar-refractivity contribution in [2.24, 2.45) is 0 Å². The summed E-state index contributed by atoms with van der Waals surface area (Å²) in [6.07, 6.45) is 2.43. The number of nitrogens with one attached hydrogen (secondary N) is 1. The molecule has 2 saturated heterocycles. The van der Waals surface area contributed by atoms with Crippen LogP contribution in [0.1, 0.15) is 18.4 Å². The minimum Gasteiger partial charge on any atom is -0.335 e. The summed E-state index contributed by atoms with van der Waals surface area (Å²) in [5.74, 6) is 0. The van der Waals surface area contributed by atoms with Crippen molar-refractivity contribution < 1.29 is 9.82 Å². The number of hydrogen-bond donors (Lipinski definition) is 1. The van der Waals surface area contributed by atoms with E-state index in [1.54, 1.807) is 23.1 Å². The molecular weight excluding hydrogens is 292 g/mol. The van der Waals surface area contributed by atoms with Crippen LogP contribution in [-0.2, 0) is 6.54 Å². The standard InChI is InChI=1S/C17H26N4O2/c1-18-9-11-20(12-10-18)16-5-7-19(8-6-16)14-15-3-2-4-17(13-15)21(22)23/h2-4,13,16H,5-12,14H2,1H3/p+1. The Balaban J connectivity index is 1.49. The first-order valence-corrected chi connectivity index (χ1v) is 8.63. The van der Waals surface area contributed by atoms with E-state index >= 15 is 0 Å². The van der Waals surface area contributed by atoms with Crippen LogP contribution in [0.3, 0.4) is 0 Å². The molecule has 6 heteroatoms. The molecule has 2 aliphatic heterocycles. The minimum absolute atomic E-state index is 0.192. The maximum absolute atomic E-state index is 10.9. The molecule has 0 amide bonds. The molecule has 0 radical (unpaired) electrons. The normalized spacial score (nSPS) is 22.3. The maximum atomic E-state index is 10.9. The van der Waals surface area contributed by atoms with Crippen LogP contribution in [0.5, 0.6) is 0 Å². The Labute approximate surface area is 137 Å². The number of hydrogen-bond acceptors (Lipinski definition) is 4. The molecule has 2 fully saturated rings. The van der Waals surface area contributed by atoms with Crippen LogP contribution < -0.4 is 4.90 Å². The zero-order valence-corrected chi connectivity index (χ0v) is 13.9. The van der Waals surface area contributed by atoms with E-state index in [0.29, 0.717) is 0 Å². The summed E-state index contributed by atoms with van der Waals surface area (Å²) in [6, 6.07) is 7.76. The molecule has 0 aliphatic carbocycles. The molecule has 0 spiro atoms. The van der Waals surface area contributed by atoms with Gasteiger partial charge in [-0.3, -0.25) is 19.9 Å². The third-order valence-electron chi connectivity index (χ3n) is 5.25. The largest absolute Gasteiger partial charge is 0.335 e. The van der Waals surface area contributed by atoms with E-state index in [4.69, 9.17) is 0 Å². The van der Waals surface area contributed by atoms with Crippen LogP contribution >= 0.6 is 0 Å². The van der Waals surface area contributed by atoms with Crippen LogP contribution in [0.2, 0.25) is 0 Å². The van der Waals surface area contributed by atoms with Crippen LogP contribution in [0, 0.1) is 10.1 Å². The fraction of sp³-hybridized carbons (Fsp3) is 0.647. The smallest absolute Gasteiger partial charge is 0.269 e. The van der Waals surface area contributed by atoms with Crippen molar-refractivity contribution >= 4 is 5.69 Å². The van der Waals surface area contributed by atoms with E-state index in [1.165, 1.54) is 39.0 Å². The summed E-state index contributed by atoms with van der Waals surface area (Å²) in [5, 5.41) is 10.9. The first-order valence-electron chi connectivity index (χ1n) is 8.63. The van der Waals surface area contributed by atoms with Gasteiger partial charge in [-0.1, -0.05) is 12.1 Å². The minimum atomic E-state index is -0.314. The number of piperidine rings is 1. The topological polar surface area (TPSA) is 54.1 Å². The SMILES string of the molecule is C[NH+]1CCN(C2CCN(Cc3cccc([N+](=O)[O-])c3)CC2)CC1. The van der Waals surface area contributed by atoms with Gasteiger partial charge in [0.2, 0.25) is 0 Å². The highest BCUT2D eigenvalue weighted by Gasteiger charge is 2.27. The highest BCUT2D eigenvalue weighted by atomic mass is 16.6. The summed E-state index contributed by atoms with van der Waals surface area (Å²) in [5.41, 5.74) is 1.23. The van der Waals surface area contributed by atoms with Gasteiger partial charge in [0, 0.05) is 37.8 Å². The summed E-state index contributed by atoms with van der Waals surface area (Å²) in [4.78, 5) is 17.3. The monoisotopic (exact) mass is 319 g/mol. The number of nitro groups is 1. The Kier molecular flexibility index (Phi) is 5.25. The van der Waals surface area contributed by atoms with Crippen molar-refractivity contribution in [3.63, 3.8) is 0 Å². The fourth-order valence-corrected chi connectivity index (χ4v) is 3.74. The number of rotatable bonds is 4. The maximum Gasteiger partial charge on any atom is 0.269 e. The molecule has 2 heterocycles. The first kappa shape index (κ1) is 16.4. The third-order valence-corrected chi connectivity index (χ3v) is 5.25. The Bertz CT molecular complexity index is 535. The summed E-state index contributed by atoms with van der Waals surface area (Å²) in [7, 11) is 2.28. The second-order valence-corrected chi connectivity index (χ2v) is 6.93. The molecule has 1 aromatic carbocycles. The lowest BCUT2D eigenvalue weighted by Gasteiger charge is -2.40. The average Bonchev–Trinajstić information content (AvgIpc) is 2.57. The lowest BCUT2D eigenvalue weighted by molar-refractivity contribution is -0.884. The van der Waals surface area contributed by atoms with Gasteiger partial charge in [0.05, 0.1) is 25.1 Å². The van der Waals surface area contributed by atoms with E-state index in [1.807, 2.05) is 6.07 Å². The van der Waals surface area contributed by atoms with E-state index < -0.39 is 0 Å². The number of quaternary nitrogens is 1. The first-order chi connectivity index (χ1) is 11.1. The van der Waals surface area contributed by atoms with Gasteiger partial charge in [-0.15, -0.1) is 0 Å². The molecule has 0 saturated carbocycles. The number of nitro benzene ring substituents is 1. The van der Waals surface area contributed by atoms with Gasteiger partial charge in [0.15, 0.2) is 0 Å². The van der Waals surface area contributed by atoms with E-state index in [-0.39, 0.29) is 10.6 Å². The molecule has 6 nitrogen and oxygen atoms in total. The van der Waals surface area contributed by atoms with Crippen LogP contribution in [0.25, 0.3) is 0 Å². The quantitative estimate of drug-likeness (QED) is 0.644. The zero-order chi connectivity index (χ0) is 16.2. The van der Waals surface area contributed by atoms with Crippen molar-refractivity contribution in [3.8, 4) is 0 Å². The Morgan fingerprint density at radius 3 is 2.57 bits per heavy atom. The van der Waals surface area contributed by atoms with Crippen molar-refractivity contribution in [2.75, 3.05) is 46.3 Å². The van der Waals surface area contributed by atoms with Gasteiger partial charge in [-0.25, -0.2) is 0 Å². The third kappa shape index (κ3) is 4.28. The fourth-order valence-electron chi connectivity index (χ4n) is 3.74. The molecule has 0 aromatic heterocycles. The predicted molar refractivity (Wildman–Crippen MR) is 89.6 cm³/mol. The van der Waals surface area contributed by atoms with E-state index in [9.17, 15) is 10.1 Å². The summed E-state index contributed by atoms with van der Waals surface area (Å²) < 4.78 is 0. The molecule has 23 heavy (non-hydrogen) atoms. The van der Waals surface area contributed by atoms with Crippen molar-refractivity contribution in [1.82, 2.24) is 9.80 Å². The lowest BCUT2D eigenvalue weighted by atomic mass is 10.0. The number of non-ortho nitro benzene ring substituents is 1. The molecule has 0 atom stereocenters. The summed E-state index contributed by atoms with van der Waals surface area (Å²) in [6.45, 7) is 7.96. The molecule has 0 unspecified atom stereocenters. The molecule has 0 bridgehead atoms. The molecule has 1 aromatic rings. The Morgan fingerprint density at radius 1 is 1.22 bits per heavy atom. The van der Waals surface area contributed by atoms with E-state index in [0.717, 1.165) is 31.2 Å². The van der Waals surface area contributed by atoms with Crippen LogP contribution in [0.15, 0.2) is 24.3 Å². The van der Waals surface area contributed by atoms with E-state index in [2.05, 4.69) is 16.8 Å². The molecule has 2 aliphatic rings. The number of benzene rings is 1. The highest BCUT2D eigenvalue weighted by Crippen LogP contribution is 2.20. The van der Waals surface area contributed by atoms with Gasteiger partial charge in [-0.2, -0.15) is 0 Å². The van der Waals surface area contributed by atoms with Crippen molar-refractivity contribution in [3.05, 3.63) is 39.9 Å². The number of nitrogens with zero attached hydrogens (tertiary/aromatic N) is 3. The second kappa shape index (κ2) is 7.38. The van der Waals surface area contributed by atoms with Gasteiger partial charge < -0.3 is 4.90 Å². The molecule has 3 rings (SSSR count). The predicted octanol–water partition coefficient (Wildman–Crippen LogP) is 0.390.